The topological polar surface area (TPSA) is 55.1 Å². The van der Waals surface area contributed by atoms with Gasteiger partial charge >= 0.3 is 0 Å². The van der Waals surface area contributed by atoms with Crippen molar-refractivity contribution in [3.8, 4) is 0 Å². The van der Waals surface area contributed by atoms with Crippen LogP contribution in [0.25, 0.3) is 0 Å². The molecular weight excluding hydrogens is 260 g/mol. The van der Waals surface area contributed by atoms with Crippen molar-refractivity contribution >= 4 is 5.91 Å². The van der Waals surface area contributed by atoms with Crippen molar-refractivity contribution in [2.24, 2.45) is 11.7 Å². The largest absolute Gasteiger partial charge is 0.355 e. The molecule has 1 amide bonds. The molecular formula is C18H26N2O. The van der Waals surface area contributed by atoms with Gasteiger partial charge in [0, 0.05) is 23.9 Å². The van der Waals surface area contributed by atoms with E-state index in [2.05, 4.69) is 35.6 Å². The van der Waals surface area contributed by atoms with Crippen molar-refractivity contribution < 1.29 is 4.79 Å². The number of rotatable bonds is 4. The second-order valence-corrected chi connectivity index (χ2v) is 6.84. The van der Waals surface area contributed by atoms with E-state index in [4.69, 9.17) is 5.73 Å². The van der Waals surface area contributed by atoms with Gasteiger partial charge in [-0.25, -0.2) is 0 Å². The minimum absolute atomic E-state index is 0.127. The van der Waals surface area contributed by atoms with Crippen molar-refractivity contribution in [2.45, 2.75) is 56.4 Å². The summed E-state index contributed by atoms with van der Waals surface area (Å²) in [5.74, 6) is 0.342. The number of hydrogen-bond acceptors (Lipinski definition) is 2. The van der Waals surface area contributed by atoms with Crippen molar-refractivity contribution in [1.29, 1.82) is 0 Å². The van der Waals surface area contributed by atoms with Gasteiger partial charge in [-0.1, -0.05) is 43.2 Å². The first kappa shape index (κ1) is 14.6. The fraction of sp³-hybridized carbons (Fsp3) is 0.611. The Bertz CT molecular complexity index is 481. The van der Waals surface area contributed by atoms with Gasteiger partial charge in [-0.15, -0.1) is 0 Å². The Morgan fingerprint density at radius 3 is 2.57 bits per heavy atom. The van der Waals surface area contributed by atoms with Crippen molar-refractivity contribution in [3.63, 3.8) is 0 Å². The zero-order valence-corrected chi connectivity index (χ0v) is 12.7. The van der Waals surface area contributed by atoms with Gasteiger partial charge in [-0.2, -0.15) is 0 Å². The van der Waals surface area contributed by atoms with Crippen LogP contribution in [0.4, 0.5) is 0 Å². The zero-order valence-electron chi connectivity index (χ0n) is 12.7. The molecule has 2 saturated carbocycles. The molecule has 3 N–H and O–H groups in total. The average molecular weight is 286 g/mol. The molecule has 2 fully saturated rings. The third-order valence-electron chi connectivity index (χ3n) is 5.38. The molecule has 2 aliphatic carbocycles. The fourth-order valence-corrected chi connectivity index (χ4v) is 3.83. The molecule has 21 heavy (non-hydrogen) atoms. The summed E-state index contributed by atoms with van der Waals surface area (Å²) in [4.78, 5) is 12.4. The highest BCUT2D eigenvalue weighted by molar-refractivity contribution is 5.79. The molecule has 0 saturated heterocycles. The summed E-state index contributed by atoms with van der Waals surface area (Å²) in [6.45, 7) is 0.779. The minimum atomic E-state index is 0.127. The van der Waals surface area contributed by atoms with Crippen molar-refractivity contribution in [1.82, 2.24) is 5.32 Å². The summed E-state index contributed by atoms with van der Waals surface area (Å²) >= 11 is 0. The molecule has 3 rings (SSSR count). The highest BCUT2D eigenvalue weighted by Gasteiger charge is 2.39. The number of carbonyl (C=O) groups excluding carboxylic acids is 1. The van der Waals surface area contributed by atoms with Gasteiger partial charge < -0.3 is 11.1 Å². The van der Waals surface area contributed by atoms with Gasteiger partial charge in [0.25, 0.3) is 0 Å². The maximum absolute atomic E-state index is 12.4. The normalized spacial score (nSPS) is 27.7. The molecule has 0 aromatic heterocycles. The number of nitrogens with two attached hydrogens (primary N) is 1. The standard InChI is InChI=1S/C18H26N2O/c19-16-9-4-6-14(12-16)17(21)20-13-18(10-5-11-18)15-7-2-1-3-8-15/h1-3,7-8,14,16H,4-6,9-13,19H2,(H,20,21). The molecule has 0 bridgehead atoms. The molecule has 2 unspecified atom stereocenters. The summed E-state index contributed by atoms with van der Waals surface area (Å²) < 4.78 is 0. The molecule has 2 aliphatic rings. The third kappa shape index (κ3) is 3.13. The number of benzene rings is 1. The van der Waals surface area contributed by atoms with Gasteiger partial charge in [0.05, 0.1) is 0 Å². The van der Waals surface area contributed by atoms with Gasteiger partial charge in [-0.3, -0.25) is 4.79 Å². The summed E-state index contributed by atoms with van der Waals surface area (Å²) in [6.07, 6.45) is 7.63. The van der Waals surface area contributed by atoms with E-state index in [0.717, 1.165) is 32.2 Å². The summed E-state index contributed by atoms with van der Waals surface area (Å²) in [5.41, 5.74) is 7.54. The second-order valence-electron chi connectivity index (χ2n) is 6.84. The summed E-state index contributed by atoms with van der Waals surface area (Å²) in [7, 11) is 0. The summed E-state index contributed by atoms with van der Waals surface area (Å²) in [6, 6.07) is 10.8. The lowest BCUT2D eigenvalue weighted by molar-refractivity contribution is -0.126. The summed E-state index contributed by atoms with van der Waals surface area (Å²) in [5, 5.41) is 3.22. The maximum atomic E-state index is 12.4. The molecule has 0 spiro atoms. The maximum Gasteiger partial charge on any atom is 0.223 e. The van der Waals surface area contributed by atoms with Crippen molar-refractivity contribution in [2.75, 3.05) is 6.54 Å². The Morgan fingerprint density at radius 2 is 1.95 bits per heavy atom. The van der Waals surface area contributed by atoms with E-state index in [-0.39, 0.29) is 23.3 Å². The fourth-order valence-electron chi connectivity index (χ4n) is 3.83. The molecule has 114 valence electrons. The van der Waals surface area contributed by atoms with Crippen LogP contribution in [0.1, 0.15) is 50.5 Å². The molecule has 0 heterocycles. The monoisotopic (exact) mass is 286 g/mol. The Hall–Kier alpha value is -1.35. The first-order chi connectivity index (χ1) is 10.2. The first-order valence-electron chi connectivity index (χ1n) is 8.28. The number of amides is 1. The Morgan fingerprint density at radius 1 is 1.19 bits per heavy atom. The molecule has 2 atom stereocenters. The van der Waals surface area contributed by atoms with E-state index in [0.29, 0.717) is 0 Å². The van der Waals surface area contributed by atoms with Crippen LogP contribution in [0.5, 0.6) is 0 Å². The van der Waals surface area contributed by atoms with E-state index < -0.39 is 0 Å². The highest BCUT2D eigenvalue weighted by atomic mass is 16.1. The Labute approximate surface area is 127 Å². The van der Waals surface area contributed by atoms with Gasteiger partial charge in [-0.05, 0) is 37.7 Å². The van der Waals surface area contributed by atoms with Gasteiger partial charge in [0.2, 0.25) is 5.91 Å². The molecule has 3 heteroatoms. The van der Waals surface area contributed by atoms with Crippen LogP contribution in [0.2, 0.25) is 0 Å². The zero-order chi connectivity index (χ0) is 14.7. The number of hydrogen-bond donors (Lipinski definition) is 2. The predicted octanol–water partition coefficient (Wildman–Crippen LogP) is 2.74. The van der Waals surface area contributed by atoms with E-state index in [1.54, 1.807) is 0 Å². The molecule has 1 aromatic carbocycles. The van der Waals surface area contributed by atoms with E-state index in [1.807, 2.05) is 0 Å². The Kier molecular flexibility index (Phi) is 4.29. The van der Waals surface area contributed by atoms with Crippen LogP contribution < -0.4 is 11.1 Å². The lowest BCUT2D eigenvalue weighted by atomic mass is 9.64. The molecule has 0 aliphatic heterocycles. The second kappa shape index (κ2) is 6.18. The quantitative estimate of drug-likeness (QED) is 0.894. The van der Waals surface area contributed by atoms with Gasteiger partial charge in [0.1, 0.15) is 0 Å². The van der Waals surface area contributed by atoms with Crippen LogP contribution in [-0.4, -0.2) is 18.5 Å². The van der Waals surface area contributed by atoms with E-state index in [1.165, 1.54) is 24.8 Å². The average Bonchev–Trinajstić information content (AvgIpc) is 2.47. The first-order valence-corrected chi connectivity index (χ1v) is 8.28. The lowest BCUT2D eigenvalue weighted by Gasteiger charge is -2.43. The smallest absolute Gasteiger partial charge is 0.223 e. The number of nitrogens with one attached hydrogen (secondary N) is 1. The van der Waals surface area contributed by atoms with Crippen LogP contribution >= 0.6 is 0 Å². The Balaban J connectivity index is 1.59. The highest BCUT2D eigenvalue weighted by Crippen LogP contribution is 2.43. The van der Waals surface area contributed by atoms with E-state index in [9.17, 15) is 4.79 Å². The van der Waals surface area contributed by atoms with E-state index >= 15 is 0 Å². The lowest BCUT2D eigenvalue weighted by Crippen LogP contribution is -2.47. The molecule has 1 aromatic rings. The SMILES string of the molecule is NC1CCCC(C(=O)NCC2(c3ccccc3)CCC2)C1. The van der Waals surface area contributed by atoms with Crippen LogP contribution in [0.15, 0.2) is 30.3 Å². The predicted molar refractivity (Wildman–Crippen MR) is 84.9 cm³/mol. The van der Waals surface area contributed by atoms with Gasteiger partial charge in [0.15, 0.2) is 0 Å². The third-order valence-corrected chi connectivity index (χ3v) is 5.38. The van der Waals surface area contributed by atoms with Crippen LogP contribution in [-0.2, 0) is 10.2 Å². The van der Waals surface area contributed by atoms with Crippen molar-refractivity contribution in [3.05, 3.63) is 35.9 Å². The van der Waals surface area contributed by atoms with Crippen LogP contribution in [0, 0.1) is 5.92 Å². The molecule has 3 nitrogen and oxygen atoms in total. The number of carbonyl (C=O) groups is 1. The minimum Gasteiger partial charge on any atom is -0.355 e. The van der Waals surface area contributed by atoms with Crippen LogP contribution in [0.3, 0.4) is 0 Å². The molecule has 0 radical (unpaired) electrons.